The van der Waals surface area contributed by atoms with Crippen molar-refractivity contribution in [3.63, 3.8) is 0 Å². The Labute approximate surface area is 223 Å². The number of nitrogens with zero attached hydrogens (tertiary/aromatic N) is 3. The lowest BCUT2D eigenvalue weighted by atomic mass is 10.0. The molecule has 1 amide bonds. The van der Waals surface area contributed by atoms with Crippen LogP contribution in [0.2, 0.25) is 5.02 Å². The number of benzene rings is 2. The lowest BCUT2D eigenvalue weighted by Crippen LogP contribution is -2.25. The minimum Gasteiger partial charge on any atom is -0.351 e. The Morgan fingerprint density at radius 1 is 1.05 bits per heavy atom. The molecule has 0 unspecified atom stereocenters. The second kappa shape index (κ2) is 10.3. The summed E-state index contributed by atoms with van der Waals surface area (Å²) in [6.07, 6.45) is 0.777. The highest BCUT2D eigenvalue weighted by atomic mass is 35.5. The van der Waals surface area contributed by atoms with E-state index in [0.29, 0.717) is 33.5 Å². The van der Waals surface area contributed by atoms with Crippen molar-refractivity contribution in [1.29, 1.82) is 0 Å². The number of aromatic nitrogens is 4. The van der Waals surface area contributed by atoms with Crippen LogP contribution in [-0.2, 0) is 13.0 Å². The predicted octanol–water partition coefficient (Wildman–Crippen LogP) is 6.31. The van der Waals surface area contributed by atoms with Gasteiger partial charge in [0.15, 0.2) is 11.6 Å². The van der Waals surface area contributed by atoms with Gasteiger partial charge in [0.2, 0.25) is 0 Å². The molecular weight excluding hydrogens is 506 g/mol. The smallest absolute Gasteiger partial charge is 0.268 e. The van der Waals surface area contributed by atoms with Gasteiger partial charge in [-0.1, -0.05) is 62.7 Å². The molecule has 3 aromatic heterocycles. The molecule has 0 atom stereocenters. The second-order valence-corrected chi connectivity index (χ2v) is 10.5. The first kappa shape index (κ1) is 24.9. The third kappa shape index (κ3) is 4.82. The normalized spacial score (nSPS) is 11.4. The van der Waals surface area contributed by atoms with E-state index in [-0.39, 0.29) is 24.2 Å². The van der Waals surface area contributed by atoms with Crippen LogP contribution in [-0.4, -0.2) is 31.4 Å². The van der Waals surface area contributed by atoms with E-state index in [4.69, 9.17) is 11.6 Å². The summed E-state index contributed by atoms with van der Waals surface area (Å²) in [4.78, 5) is 30.8. The maximum atomic E-state index is 13.6. The van der Waals surface area contributed by atoms with Crippen molar-refractivity contribution in [3.8, 4) is 5.00 Å². The van der Waals surface area contributed by atoms with Crippen molar-refractivity contribution in [2.45, 2.75) is 39.7 Å². The molecule has 0 aliphatic rings. The minimum atomic E-state index is -0.246. The van der Waals surface area contributed by atoms with Gasteiger partial charge < -0.3 is 10.3 Å². The van der Waals surface area contributed by atoms with Gasteiger partial charge in [0.25, 0.3) is 5.91 Å². The summed E-state index contributed by atoms with van der Waals surface area (Å²) in [7, 11) is 0. The Bertz CT molecular complexity index is 1580. The molecule has 0 aliphatic heterocycles. The molecule has 188 valence electrons. The third-order valence-corrected chi connectivity index (χ3v) is 7.73. The van der Waals surface area contributed by atoms with E-state index in [1.54, 1.807) is 24.3 Å². The van der Waals surface area contributed by atoms with E-state index in [2.05, 4.69) is 27.4 Å². The molecule has 0 aliphatic carbocycles. The quantitative estimate of drug-likeness (QED) is 0.229. The highest BCUT2D eigenvalue weighted by molar-refractivity contribution is 7.15. The number of halogens is 1. The van der Waals surface area contributed by atoms with E-state index in [1.165, 1.54) is 11.3 Å². The first-order valence-electron chi connectivity index (χ1n) is 12.1. The van der Waals surface area contributed by atoms with Gasteiger partial charge in [0.05, 0.1) is 17.1 Å². The maximum Gasteiger partial charge on any atom is 0.268 e. The van der Waals surface area contributed by atoms with Gasteiger partial charge >= 0.3 is 0 Å². The van der Waals surface area contributed by atoms with Crippen molar-refractivity contribution in [2.75, 3.05) is 0 Å². The van der Waals surface area contributed by atoms with Crippen LogP contribution in [0.15, 0.2) is 60.7 Å². The molecule has 0 bridgehead atoms. The van der Waals surface area contributed by atoms with Crippen molar-refractivity contribution in [2.24, 2.45) is 0 Å². The van der Waals surface area contributed by atoms with Crippen LogP contribution in [0.5, 0.6) is 0 Å². The van der Waals surface area contributed by atoms with E-state index < -0.39 is 0 Å². The van der Waals surface area contributed by atoms with Gasteiger partial charge in [-0.05, 0) is 36.8 Å². The van der Waals surface area contributed by atoms with Crippen molar-refractivity contribution in [3.05, 3.63) is 99.0 Å². The molecular formula is C28H26ClN5O2S. The molecule has 2 aromatic carbocycles. The van der Waals surface area contributed by atoms with E-state index in [9.17, 15) is 9.59 Å². The Morgan fingerprint density at radius 2 is 1.81 bits per heavy atom. The van der Waals surface area contributed by atoms with Crippen LogP contribution >= 0.6 is 22.9 Å². The van der Waals surface area contributed by atoms with Gasteiger partial charge in [-0.25, -0.2) is 0 Å². The summed E-state index contributed by atoms with van der Waals surface area (Å²) in [5.41, 5.74) is 2.35. The monoisotopic (exact) mass is 531 g/mol. The summed E-state index contributed by atoms with van der Waals surface area (Å²) in [5.74, 6) is 0.900. The molecule has 5 aromatic rings. The largest absolute Gasteiger partial charge is 0.351 e. The summed E-state index contributed by atoms with van der Waals surface area (Å²) >= 11 is 7.90. The molecule has 3 heterocycles. The highest BCUT2D eigenvalue weighted by Gasteiger charge is 2.26. The zero-order valence-electron chi connectivity index (χ0n) is 20.7. The molecule has 0 fully saturated rings. The lowest BCUT2D eigenvalue weighted by Gasteiger charge is -2.13. The van der Waals surface area contributed by atoms with Crippen LogP contribution in [0, 0.1) is 0 Å². The van der Waals surface area contributed by atoms with E-state index in [1.807, 2.05) is 54.8 Å². The fourth-order valence-electron chi connectivity index (χ4n) is 4.21. The van der Waals surface area contributed by atoms with Gasteiger partial charge in [-0.2, -0.15) is 0 Å². The summed E-state index contributed by atoms with van der Waals surface area (Å²) in [6, 6.07) is 18.5. The van der Waals surface area contributed by atoms with E-state index in [0.717, 1.165) is 27.2 Å². The molecule has 2 N–H and O–H groups in total. The van der Waals surface area contributed by atoms with Crippen molar-refractivity contribution >= 4 is 45.5 Å². The highest BCUT2D eigenvalue weighted by Crippen LogP contribution is 2.33. The lowest BCUT2D eigenvalue weighted by molar-refractivity contribution is 0.0944. The van der Waals surface area contributed by atoms with Crippen LogP contribution < -0.4 is 5.32 Å². The average Bonchev–Trinajstić information content (AvgIpc) is 3.63. The van der Waals surface area contributed by atoms with Crippen LogP contribution in [0.3, 0.4) is 0 Å². The number of carbonyl (C=O) groups is 2. The second-order valence-electron chi connectivity index (χ2n) is 9.01. The summed E-state index contributed by atoms with van der Waals surface area (Å²) < 4.78 is 1.91. The maximum absolute atomic E-state index is 13.6. The van der Waals surface area contributed by atoms with Gasteiger partial charge in [-0.3, -0.25) is 14.2 Å². The predicted molar refractivity (Wildman–Crippen MR) is 147 cm³/mol. The Kier molecular flexibility index (Phi) is 6.95. The standard InChI is InChI=1S/C28H26ClN5O2S/c1-4-18-14-20(25(35)19-10-6-7-11-21(19)29)28(37-18)34-24(32-33-26(34)16(2)3)15-30-27(36)23-13-17-9-5-8-12-22(17)31-23/h5-14,16,31H,4,15H2,1-3H3,(H,30,36). The number of aryl methyl sites for hydroxylation is 1. The molecule has 0 saturated carbocycles. The van der Waals surface area contributed by atoms with Gasteiger partial charge in [0, 0.05) is 27.3 Å². The number of nitrogens with one attached hydrogen (secondary N) is 2. The number of thiophene rings is 1. The molecule has 0 spiro atoms. The van der Waals surface area contributed by atoms with E-state index >= 15 is 0 Å². The number of ketones is 1. The number of carbonyl (C=O) groups excluding carboxylic acids is 2. The summed E-state index contributed by atoms with van der Waals surface area (Å²) in [6.45, 7) is 6.25. The summed E-state index contributed by atoms with van der Waals surface area (Å²) in [5, 5.41) is 13.9. The van der Waals surface area contributed by atoms with Gasteiger partial charge in [-0.15, -0.1) is 21.5 Å². The number of hydrogen-bond acceptors (Lipinski definition) is 5. The Hall–Kier alpha value is -3.75. The van der Waals surface area contributed by atoms with Gasteiger partial charge in [0.1, 0.15) is 16.5 Å². The van der Waals surface area contributed by atoms with Crippen molar-refractivity contribution in [1.82, 2.24) is 25.1 Å². The van der Waals surface area contributed by atoms with Crippen LogP contribution in [0.25, 0.3) is 15.9 Å². The Balaban J connectivity index is 1.51. The topological polar surface area (TPSA) is 92.7 Å². The molecule has 37 heavy (non-hydrogen) atoms. The first-order valence-corrected chi connectivity index (χ1v) is 13.3. The number of rotatable bonds is 8. The van der Waals surface area contributed by atoms with Crippen LogP contribution in [0.4, 0.5) is 0 Å². The zero-order chi connectivity index (χ0) is 26.1. The molecule has 7 nitrogen and oxygen atoms in total. The van der Waals surface area contributed by atoms with Crippen molar-refractivity contribution < 1.29 is 9.59 Å². The number of aromatic amines is 1. The SMILES string of the molecule is CCc1cc(C(=O)c2ccccc2Cl)c(-n2c(CNC(=O)c3cc4ccccc4[nH]3)nnc2C(C)C)s1. The fourth-order valence-corrected chi connectivity index (χ4v) is 5.56. The Morgan fingerprint density at radius 3 is 2.54 bits per heavy atom. The number of H-pyrrole nitrogens is 1. The molecule has 0 radical (unpaired) electrons. The first-order chi connectivity index (χ1) is 17.9. The minimum absolute atomic E-state index is 0.0427. The number of fused-ring (bicyclic) bond motifs is 1. The molecule has 9 heteroatoms. The number of para-hydroxylation sites is 1. The number of amides is 1. The third-order valence-electron chi connectivity index (χ3n) is 6.13. The molecule has 0 saturated heterocycles. The zero-order valence-corrected chi connectivity index (χ0v) is 22.3. The molecule has 5 rings (SSSR count). The average molecular weight is 532 g/mol. The number of hydrogen-bond donors (Lipinski definition) is 2. The van der Waals surface area contributed by atoms with Crippen LogP contribution in [0.1, 0.15) is 69.6 Å². The fraction of sp³-hybridized carbons (Fsp3) is 0.214.